The monoisotopic (exact) mass is 307 g/mol. The molecule has 2 amide bonds. The SMILES string of the molecule is CSCC[C@H](N)C(=O)Nc1ccccc1N1CCCC1=O. The maximum Gasteiger partial charge on any atom is 0.241 e. The third-order valence-corrected chi connectivity index (χ3v) is 4.14. The van der Waals surface area contributed by atoms with Crippen LogP contribution in [0.4, 0.5) is 11.4 Å². The molecule has 1 atom stereocenters. The molecule has 1 aliphatic heterocycles. The third kappa shape index (κ3) is 3.98. The van der Waals surface area contributed by atoms with E-state index in [9.17, 15) is 9.59 Å². The number of para-hydroxylation sites is 2. The van der Waals surface area contributed by atoms with Gasteiger partial charge in [-0.3, -0.25) is 9.59 Å². The number of rotatable bonds is 6. The molecule has 0 aliphatic carbocycles. The average molecular weight is 307 g/mol. The predicted octanol–water partition coefficient (Wildman–Crippen LogP) is 1.83. The number of carbonyl (C=O) groups is 2. The van der Waals surface area contributed by atoms with Crippen molar-refractivity contribution >= 4 is 35.0 Å². The largest absolute Gasteiger partial charge is 0.323 e. The van der Waals surface area contributed by atoms with Gasteiger partial charge in [0.25, 0.3) is 0 Å². The van der Waals surface area contributed by atoms with Crippen LogP contribution in [0.25, 0.3) is 0 Å². The Morgan fingerprint density at radius 1 is 1.48 bits per heavy atom. The second kappa shape index (κ2) is 7.47. The Bertz CT molecular complexity index is 521. The van der Waals surface area contributed by atoms with Crippen molar-refractivity contribution in [1.82, 2.24) is 0 Å². The highest BCUT2D eigenvalue weighted by Crippen LogP contribution is 2.29. The van der Waals surface area contributed by atoms with Gasteiger partial charge in [0.2, 0.25) is 11.8 Å². The van der Waals surface area contributed by atoms with Gasteiger partial charge >= 0.3 is 0 Å². The van der Waals surface area contributed by atoms with Gasteiger partial charge in [0, 0.05) is 13.0 Å². The maximum atomic E-state index is 12.1. The number of carbonyl (C=O) groups excluding carboxylic acids is 2. The number of hydrogen-bond acceptors (Lipinski definition) is 4. The van der Waals surface area contributed by atoms with Crippen molar-refractivity contribution in [3.8, 4) is 0 Å². The molecule has 1 aliphatic rings. The van der Waals surface area contributed by atoms with Crippen molar-refractivity contribution in [3.63, 3.8) is 0 Å². The number of hydrogen-bond donors (Lipinski definition) is 2. The minimum atomic E-state index is -0.528. The second-order valence-corrected chi connectivity index (χ2v) is 6.03. The van der Waals surface area contributed by atoms with Crippen LogP contribution in [-0.2, 0) is 9.59 Å². The number of amides is 2. The van der Waals surface area contributed by atoms with Crippen LogP contribution in [0.1, 0.15) is 19.3 Å². The first-order valence-corrected chi connectivity index (χ1v) is 8.47. The first-order valence-electron chi connectivity index (χ1n) is 7.08. The maximum absolute atomic E-state index is 12.1. The van der Waals surface area contributed by atoms with Crippen molar-refractivity contribution in [2.45, 2.75) is 25.3 Å². The lowest BCUT2D eigenvalue weighted by Gasteiger charge is -2.21. The number of thioether (sulfide) groups is 1. The van der Waals surface area contributed by atoms with E-state index in [2.05, 4.69) is 5.32 Å². The van der Waals surface area contributed by atoms with Crippen molar-refractivity contribution in [2.24, 2.45) is 5.73 Å². The molecule has 1 fully saturated rings. The number of anilines is 2. The summed E-state index contributed by atoms with van der Waals surface area (Å²) in [6, 6.07) is 6.84. The van der Waals surface area contributed by atoms with Crippen molar-refractivity contribution in [1.29, 1.82) is 0 Å². The quantitative estimate of drug-likeness (QED) is 0.841. The normalized spacial score (nSPS) is 16.1. The molecule has 0 radical (unpaired) electrons. The molecule has 1 aromatic carbocycles. The molecule has 0 aromatic heterocycles. The number of nitrogens with two attached hydrogens (primary N) is 1. The summed E-state index contributed by atoms with van der Waals surface area (Å²) >= 11 is 1.66. The highest BCUT2D eigenvalue weighted by Gasteiger charge is 2.24. The standard InChI is InChI=1S/C15H21N3O2S/c1-21-10-8-11(16)15(20)17-12-5-2-3-6-13(12)18-9-4-7-14(18)19/h2-3,5-6,11H,4,7-10,16H2,1H3,(H,17,20)/t11-/m0/s1. The van der Waals surface area contributed by atoms with Gasteiger partial charge in [-0.05, 0) is 37.0 Å². The summed E-state index contributed by atoms with van der Waals surface area (Å²) in [6.45, 7) is 0.699. The van der Waals surface area contributed by atoms with Gasteiger partial charge in [-0.15, -0.1) is 0 Å². The van der Waals surface area contributed by atoms with Crippen molar-refractivity contribution < 1.29 is 9.59 Å². The Morgan fingerprint density at radius 3 is 2.90 bits per heavy atom. The van der Waals surface area contributed by atoms with Crippen LogP contribution in [0.5, 0.6) is 0 Å². The average Bonchev–Trinajstić information content (AvgIpc) is 2.91. The van der Waals surface area contributed by atoms with Gasteiger partial charge in [0.1, 0.15) is 0 Å². The van der Waals surface area contributed by atoms with Crippen molar-refractivity contribution in [2.75, 3.05) is 28.8 Å². The molecule has 6 heteroatoms. The van der Waals surface area contributed by atoms with Gasteiger partial charge in [0.15, 0.2) is 0 Å². The first kappa shape index (κ1) is 15.9. The lowest BCUT2D eigenvalue weighted by atomic mass is 10.2. The fourth-order valence-corrected chi connectivity index (χ4v) is 2.81. The Hall–Kier alpha value is -1.53. The molecule has 0 saturated carbocycles. The molecular formula is C15H21N3O2S. The number of nitrogens with one attached hydrogen (secondary N) is 1. The van der Waals surface area contributed by atoms with E-state index in [0.717, 1.165) is 17.9 Å². The molecule has 1 heterocycles. The molecule has 1 saturated heterocycles. The van der Waals surface area contributed by atoms with E-state index < -0.39 is 6.04 Å². The van der Waals surface area contributed by atoms with Gasteiger partial charge in [0.05, 0.1) is 17.4 Å². The van der Waals surface area contributed by atoms with Gasteiger partial charge < -0.3 is 16.0 Å². The number of nitrogens with zero attached hydrogens (tertiary/aromatic N) is 1. The Morgan fingerprint density at radius 2 is 2.24 bits per heavy atom. The highest BCUT2D eigenvalue weighted by molar-refractivity contribution is 7.98. The summed E-state index contributed by atoms with van der Waals surface area (Å²) < 4.78 is 0. The molecule has 21 heavy (non-hydrogen) atoms. The molecule has 0 spiro atoms. The van der Waals surface area contributed by atoms with Crippen LogP contribution in [0.3, 0.4) is 0 Å². The third-order valence-electron chi connectivity index (χ3n) is 3.50. The molecule has 0 bridgehead atoms. The van der Waals surface area contributed by atoms with E-state index >= 15 is 0 Å². The minimum absolute atomic E-state index is 0.100. The van der Waals surface area contributed by atoms with Gasteiger partial charge in [-0.25, -0.2) is 0 Å². The fourth-order valence-electron chi connectivity index (χ4n) is 2.32. The van der Waals surface area contributed by atoms with Crippen LogP contribution in [-0.4, -0.2) is 36.4 Å². The lowest BCUT2D eigenvalue weighted by Crippen LogP contribution is -2.36. The zero-order valence-corrected chi connectivity index (χ0v) is 13.0. The minimum Gasteiger partial charge on any atom is -0.323 e. The zero-order chi connectivity index (χ0) is 15.2. The van der Waals surface area contributed by atoms with Crippen LogP contribution in [0.2, 0.25) is 0 Å². The van der Waals surface area contributed by atoms with E-state index in [0.29, 0.717) is 25.1 Å². The molecule has 114 valence electrons. The first-order chi connectivity index (χ1) is 10.1. The predicted molar refractivity (Wildman–Crippen MR) is 87.6 cm³/mol. The summed E-state index contributed by atoms with van der Waals surface area (Å²) in [4.78, 5) is 25.7. The van der Waals surface area contributed by atoms with E-state index in [1.165, 1.54) is 0 Å². The van der Waals surface area contributed by atoms with Crippen molar-refractivity contribution in [3.05, 3.63) is 24.3 Å². The Balaban J connectivity index is 2.09. The smallest absolute Gasteiger partial charge is 0.241 e. The second-order valence-electron chi connectivity index (χ2n) is 5.04. The summed E-state index contributed by atoms with van der Waals surface area (Å²) in [6.07, 6.45) is 4.04. The van der Waals surface area contributed by atoms with Crippen LogP contribution in [0, 0.1) is 0 Å². The van der Waals surface area contributed by atoms with Crippen LogP contribution >= 0.6 is 11.8 Å². The molecule has 5 nitrogen and oxygen atoms in total. The van der Waals surface area contributed by atoms with Gasteiger partial charge in [-0.2, -0.15) is 11.8 Å². The lowest BCUT2D eigenvalue weighted by molar-refractivity contribution is -0.118. The zero-order valence-electron chi connectivity index (χ0n) is 12.2. The topological polar surface area (TPSA) is 75.4 Å². The fraction of sp³-hybridized carbons (Fsp3) is 0.467. The molecule has 2 rings (SSSR count). The molecular weight excluding hydrogens is 286 g/mol. The summed E-state index contributed by atoms with van der Waals surface area (Å²) in [5.41, 5.74) is 7.28. The summed E-state index contributed by atoms with van der Waals surface area (Å²) in [5.74, 6) is 0.743. The van der Waals surface area contributed by atoms with E-state index in [1.54, 1.807) is 22.7 Å². The highest BCUT2D eigenvalue weighted by atomic mass is 32.2. The van der Waals surface area contributed by atoms with E-state index in [-0.39, 0.29) is 11.8 Å². The molecule has 0 unspecified atom stereocenters. The Labute approximate surface area is 129 Å². The van der Waals surface area contributed by atoms with Crippen LogP contribution < -0.4 is 16.0 Å². The van der Waals surface area contributed by atoms with Gasteiger partial charge in [-0.1, -0.05) is 12.1 Å². The summed E-state index contributed by atoms with van der Waals surface area (Å²) in [7, 11) is 0. The molecule has 1 aromatic rings. The molecule has 3 N–H and O–H groups in total. The Kier molecular flexibility index (Phi) is 5.64. The van der Waals surface area contributed by atoms with E-state index in [1.807, 2.05) is 24.5 Å². The summed E-state index contributed by atoms with van der Waals surface area (Å²) in [5, 5.41) is 2.85. The van der Waals surface area contributed by atoms with E-state index in [4.69, 9.17) is 5.73 Å². The number of benzene rings is 1. The van der Waals surface area contributed by atoms with Crippen LogP contribution in [0.15, 0.2) is 24.3 Å².